The van der Waals surface area contributed by atoms with E-state index in [1.54, 1.807) is 4.68 Å². The van der Waals surface area contributed by atoms with Crippen LogP contribution in [0.15, 0.2) is 30.3 Å². The summed E-state index contributed by atoms with van der Waals surface area (Å²) in [5.74, 6) is 0.930. The lowest BCUT2D eigenvalue weighted by Gasteiger charge is -2.13. The average molecular weight is 399 g/mol. The average Bonchev–Trinajstić information content (AvgIpc) is 3.28. The second-order valence-electron chi connectivity index (χ2n) is 7.99. The Labute approximate surface area is 168 Å². The van der Waals surface area contributed by atoms with Crippen molar-refractivity contribution in [3.63, 3.8) is 0 Å². The summed E-state index contributed by atoms with van der Waals surface area (Å²) in [6, 6.07) is 7.11. The molecule has 0 bridgehead atoms. The first kappa shape index (κ1) is 20.3. The molecule has 1 aromatic carbocycles. The number of aromatic nitrogens is 2. The number of ether oxygens (including phenoxy) is 2. The summed E-state index contributed by atoms with van der Waals surface area (Å²) in [7, 11) is 0. The third kappa shape index (κ3) is 4.71. The summed E-state index contributed by atoms with van der Waals surface area (Å²) in [6.45, 7) is 11.6. The van der Waals surface area contributed by atoms with E-state index in [0.717, 1.165) is 12.1 Å². The van der Waals surface area contributed by atoms with E-state index in [-0.39, 0.29) is 29.0 Å². The zero-order valence-electron chi connectivity index (χ0n) is 16.6. The molecule has 0 saturated heterocycles. The molecule has 0 N–H and O–H groups in total. The highest BCUT2D eigenvalue weighted by Gasteiger charge is 2.35. The van der Waals surface area contributed by atoms with E-state index in [9.17, 15) is 14.9 Å². The molecule has 0 radical (unpaired) electrons. The van der Waals surface area contributed by atoms with Gasteiger partial charge in [0.05, 0.1) is 16.7 Å². The molecule has 9 nitrogen and oxygen atoms in total. The minimum absolute atomic E-state index is 0.0809. The highest BCUT2D eigenvalue weighted by atomic mass is 16.7. The SMILES string of the molecule is C#[N+]c1cc([C@H]2CC[C@@H](OC(=O)Oc3ccc([N+](=O)[O-])cc3)C2)nn1C(C)(C)C. The number of nitro groups is 1. The molecule has 3 rings (SSSR count). The van der Waals surface area contributed by atoms with Gasteiger partial charge in [-0.05, 0) is 52.2 Å². The van der Waals surface area contributed by atoms with E-state index in [0.29, 0.717) is 18.7 Å². The van der Waals surface area contributed by atoms with E-state index in [1.165, 1.54) is 24.3 Å². The van der Waals surface area contributed by atoms with Gasteiger partial charge in [-0.25, -0.2) is 4.79 Å². The molecular formula is C20H23N4O5+. The van der Waals surface area contributed by atoms with E-state index in [4.69, 9.17) is 16.0 Å². The molecule has 29 heavy (non-hydrogen) atoms. The van der Waals surface area contributed by atoms with Crippen molar-refractivity contribution in [3.8, 4) is 12.3 Å². The van der Waals surface area contributed by atoms with Gasteiger partial charge in [-0.2, -0.15) is 4.85 Å². The van der Waals surface area contributed by atoms with Gasteiger partial charge >= 0.3 is 12.0 Å². The first-order valence-electron chi connectivity index (χ1n) is 9.31. The van der Waals surface area contributed by atoms with Crippen LogP contribution in [-0.4, -0.2) is 27.0 Å². The van der Waals surface area contributed by atoms with Gasteiger partial charge < -0.3 is 9.47 Å². The predicted octanol–water partition coefficient (Wildman–Crippen LogP) is 4.99. The van der Waals surface area contributed by atoms with Crippen LogP contribution in [0.5, 0.6) is 5.75 Å². The number of nitro benzene ring substituents is 1. The zero-order valence-corrected chi connectivity index (χ0v) is 16.6. The third-order valence-corrected chi connectivity index (χ3v) is 4.79. The van der Waals surface area contributed by atoms with Crippen LogP contribution in [0.4, 0.5) is 16.3 Å². The van der Waals surface area contributed by atoms with Crippen LogP contribution in [0.2, 0.25) is 0 Å². The van der Waals surface area contributed by atoms with Crippen molar-refractivity contribution < 1.29 is 19.2 Å². The molecule has 1 aliphatic rings. The molecule has 1 saturated carbocycles. The lowest BCUT2D eigenvalue weighted by atomic mass is 10.0. The van der Waals surface area contributed by atoms with Gasteiger partial charge in [-0.1, -0.05) is 5.10 Å². The lowest BCUT2D eigenvalue weighted by Crippen LogP contribution is -2.23. The Balaban J connectivity index is 1.58. The molecule has 0 unspecified atom stereocenters. The fraction of sp³-hybridized carbons (Fsp3) is 0.450. The maximum absolute atomic E-state index is 12.0. The first-order valence-corrected chi connectivity index (χ1v) is 9.31. The van der Waals surface area contributed by atoms with E-state index in [2.05, 4.69) is 9.94 Å². The topological polar surface area (TPSA) is 101 Å². The minimum atomic E-state index is -0.831. The van der Waals surface area contributed by atoms with Crippen molar-refractivity contribution in [1.29, 1.82) is 0 Å². The number of non-ortho nitro benzene ring substituents is 1. The molecular weight excluding hydrogens is 376 g/mol. The summed E-state index contributed by atoms with van der Waals surface area (Å²) in [6.07, 6.45) is 1.02. The summed E-state index contributed by atoms with van der Waals surface area (Å²) < 4.78 is 12.3. The van der Waals surface area contributed by atoms with Crippen molar-refractivity contribution in [2.24, 2.45) is 0 Å². The Kier molecular flexibility index (Phi) is 5.55. The highest BCUT2D eigenvalue weighted by Crippen LogP contribution is 2.38. The Hall–Kier alpha value is -3.41. The standard InChI is InChI=1S/C20H23N4O5/c1-20(2,3)23-18(21-4)12-17(22-23)13-5-8-16(11-13)29-19(25)28-15-9-6-14(7-10-15)24(26)27/h4,6-7,9-10,12-13,16H,5,8,11H2,1-3H3/q+1/t13-,16+/m0/s1. The van der Waals surface area contributed by atoms with Gasteiger partial charge in [0.25, 0.3) is 5.69 Å². The zero-order chi connectivity index (χ0) is 21.2. The van der Waals surface area contributed by atoms with Crippen molar-refractivity contribution in [3.05, 3.63) is 51.0 Å². The van der Waals surface area contributed by atoms with Crippen LogP contribution in [0, 0.1) is 16.7 Å². The van der Waals surface area contributed by atoms with Crippen LogP contribution in [0.1, 0.15) is 51.6 Å². The Morgan fingerprint density at radius 1 is 1.31 bits per heavy atom. The Bertz CT molecular complexity index is 953. The van der Waals surface area contributed by atoms with Gasteiger partial charge in [0.1, 0.15) is 24.0 Å². The second-order valence-corrected chi connectivity index (χ2v) is 7.99. The molecule has 0 aliphatic heterocycles. The minimum Gasteiger partial charge on any atom is -0.431 e. The molecule has 0 amide bonds. The lowest BCUT2D eigenvalue weighted by molar-refractivity contribution is -0.384. The number of hydrogen-bond donors (Lipinski definition) is 0. The molecule has 9 heteroatoms. The predicted molar refractivity (Wildman–Crippen MR) is 106 cm³/mol. The largest absolute Gasteiger partial charge is 0.514 e. The van der Waals surface area contributed by atoms with Gasteiger partial charge in [0, 0.05) is 18.1 Å². The maximum Gasteiger partial charge on any atom is 0.514 e. The molecule has 2 aromatic rings. The van der Waals surface area contributed by atoms with Crippen molar-refractivity contribution in [2.75, 3.05) is 0 Å². The van der Waals surface area contributed by atoms with Crippen LogP contribution in [-0.2, 0) is 10.3 Å². The maximum atomic E-state index is 12.0. The summed E-state index contributed by atoms with van der Waals surface area (Å²) >= 11 is 0. The van der Waals surface area contributed by atoms with Gasteiger partial charge in [-0.15, -0.1) is 4.68 Å². The monoisotopic (exact) mass is 399 g/mol. The molecule has 0 spiro atoms. The normalized spacial score (nSPS) is 18.8. The number of benzene rings is 1. The molecule has 1 aliphatic carbocycles. The number of nitrogens with zero attached hydrogens (tertiary/aromatic N) is 4. The number of rotatable bonds is 4. The number of hydrogen-bond acceptors (Lipinski definition) is 6. The van der Waals surface area contributed by atoms with Gasteiger partial charge in [-0.3, -0.25) is 10.1 Å². The quantitative estimate of drug-likeness (QED) is 0.311. The van der Waals surface area contributed by atoms with Crippen LogP contribution in [0.3, 0.4) is 0 Å². The number of carbonyl (C=O) groups is 1. The summed E-state index contributed by atoms with van der Waals surface area (Å²) in [5.41, 5.74) is 0.543. The van der Waals surface area contributed by atoms with Gasteiger partial charge in [0.2, 0.25) is 0 Å². The van der Waals surface area contributed by atoms with Crippen LogP contribution >= 0.6 is 0 Å². The highest BCUT2D eigenvalue weighted by molar-refractivity contribution is 5.64. The molecule has 152 valence electrons. The summed E-state index contributed by atoms with van der Waals surface area (Å²) in [4.78, 5) is 26.0. The molecule has 1 aromatic heterocycles. The van der Waals surface area contributed by atoms with Crippen molar-refractivity contribution in [1.82, 2.24) is 9.78 Å². The number of carbonyl (C=O) groups excluding carboxylic acids is 1. The van der Waals surface area contributed by atoms with Crippen molar-refractivity contribution >= 4 is 17.7 Å². The van der Waals surface area contributed by atoms with Crippen molar-refractivity contribution in [2.45, 2.75) is 57.6 Å². The van der Waals surface area contributed by atoms with Crippen LogP contribution in [0.25, 0.3) is 4.85 Å². The molecule has 1 heterocycles. The van der Waals surface area contributed by atoms with E-state index >= 15 is 0 Å². The fourth-order valence-corrected chi connectivity index (χ4v) is 3.38. The van der Waals surface area contributed by atoms with E-state index < -0.39 is 11.1 Å². The molecule has 1 fully saturated rings. The van der Waals surface area contributed by atoms with E-state index in [1.807, 2.05) is 26.8 Å². The smallest absolute Gasteiger partial charge is 0.431 e. The second kappa shape index (κ2) is 7.91. The summed E-state index contributed by atoms with van der Waals surface area (Å²) in [5, 5.41) is 15.3. The first-order chi connectivity index (χ1) is 13.7. The fourth-order valence-electron chi connectivity index (χ4n) is 3.38. The Morgan fingerprint density at radius 3 is 2.55 bits per heavy atom. The third-order valence-electron chi connectivity index (χ3n) is 4.79. The van der Waals surface area contributed by atoms with Crippen LogP contribution < -0.4 is 4.74 Å². The molecule has 2 atom stereocenters. The Morgan fingerprint density at radius 2 is 2.00 bits per heavy atom. The van der Waals surface area contributed by atoms with Gasteiger partial charge in [0.15, 0.2) is 0 Å².